The lowest BCUT2D eigenvalue weighted by Gasteiger charge is -2.08. The molecular formula is C8H13NOS. The molecule has 1 aromatic rings. The van der Waals surface area contributed by atoms with Crippen molar-refractivity contribution in [3.8, 4) is 0 Å². The summed E-state index contributed by atoms with van der Waals surface area (Å²) < 4.78 is 5.07. The minimum Gasteiger partial charge on any atom is -0.381 e. The molecule has 0 saturated carbocycles. The number of rotatable bonds is 0. The third kappa shape index (κ3) is 4.93. The van der Waals surface area contributed by atoms with Gasteiger partial charge in [-0.25, -0.2) is 0 Å². The summed E-state index contributed by atoms with van der Waals surface area (Å²) in [6.07, 6.45) is 5.70. The van der Waals surface area contributed by atoms with Crippen molar-refractivity contribution in [1.82, 2.24) is 4.98 Å². The fraction of sp³-hybridized carbons (Fsp3) is 0.625. The Kier molecular flexibility index (Phi) is 4.98. The zero-order valence-corrected chi connectivity index (χ0v) is 7.35. The Bertz CT molecular complexity index is 120. The van der Waals surface area contributed by atoms with Crippen LogP contribution in [-0.4, -0.2) is 18.2 Å². The zero-order chi connectivity index (χ0) is 7.78. The van der Waals surface area contributed by atoms with Crippen molar-refractivity contribution >= 4 is 11.3 Å². The van der Waals surface area contributed by atoms with Crippen LogP contribution >= 0.6 is 11.3 Å². The molecule has 62 valence electrons. The third-order valence-corrected chi connectivity index (χ3v) is 1.95. The molecule has 0 aliphatic carbocycles. The van der Waals surface area contributed by atoms with Crippen LogP contribution in [0, 0.1) is 0 Å². The van der Waals surface area contributed by atoms with Gasteiger partial charge in [-0.2, -0.15) is 0 Å². The van der Waals surface area contributed by atoms with Crippen molar-refractivity contribution in [1.29, 1.82) is 0 Å². The fourth-order valence-corrected chi connectivity index (χ4v) is 1.21. The Labute approximate surface area is 71.2 Å². The monoisotopic (exact) mass is 171 g/mol. The molecule has 1 fully saturated rings. The molecule has 0 spiro atoms. The Morgan fingerprint density at radius 2 is 2.00 bits per heavy atom. The highest BCUT2D eigenvalue weighted by Gasteiger charge is 1.94. The molecule has 0 N–H and O–H groups in total. The quantitative estimate of drug-likeness (QED) is 0.597. The second-order valence-electron chi connectivity index (χ2n) is 2.35. The molecule has 0 bridgehead atoms. The third-order valence-electron chi connectivity index (χ3n) is 1.42. The van der Waals surface area contributed by atoms with Gasteiger partial charge in [0.15, 0.2) is 0 Å². The maximum absolute atomic E-state index is 5.07. The topological polar surface area (TPSA) is 22.1 Å². The van der Waals surface area contributed by atoms with Crippen LogP contribution in [0.1, 0.15) is 19.3 Å². The summed E-state index contributed by atoms with van der Waals surface area (Å²) in [5.74, 6) is 0. The predicted octanol–water partition coefficient (Wildman–Crippen LogP) is 2.33. The predicted molar refractivity (Wildman–Crippen MR) is 46.8 cm³/mol. The van der Waals surface area contributed by atoms with Gasteiger partial charge in [-0.15, -0.1) is 11.3 Å². The molecule has 2 rings (SSSR count). The van der Waals surface area contributed by atoms with Crippen molar-refractivity contribution in [2.75, 3.05) is 13.2 Å². The van der Waals surface area contributed by atoms with E-state index < -0.39 is 0 Å². The smallest absolute Gasteiger partial charge is 0.0791 e. The van der Waals surface area contributed by atoms with E-state index in [-0.39, 0.29) is 0 Å². The minimum atomic E-state index is 1.00. The first-order chi connectivity index (χ1) is 5.50. The van der Waals surface area contributed by atoms with Crippen LogP contribution in [0.25, 0.3) is 0 Å². The van der Waals surface area contributed by atoms with Crippen LogP contribution in [0.5, 0.6) is 0 Å². The van der Waals surface area contributed by atoms with Crippen LogP contribution in [0.4, 0.5) is 0 Å². The highest BCUT2D eigenvalue weighted by molar-refractivity contribution is 7.07. The minimum absolute atomic E-state index is 1.00. The van der Waals surface area contributed by atoms with Gasteiger partial charge in [-0.3, -0.25) is 4.98 Å². The van der Waals surface area contributed by atoms with Gasteiger partial charge in [0.2, 0.25) is 0 Å². The lowest BCUT2D eigenvalue weighted by atomic mass is 10.2. The van der Waals surface area contributed by atoms with E-state index in [4.69, 9.17) is 4.74 Å². The molecule has 0 unspecified atom stereocenters. The second-order valence-corrected chi connectivity index (χ2v) is 3.10. The number of aromatic nitrogens is 1. The molecule has 0 amide bonds. The summed E-state index contributed by atoms with van der Waals surface area (Å²) in [6, 6.07) is 0. The normalized spacial score (nSPS) is 16.7. The highest BCUT2D eigenvalue weighted by atomic mass is 32.1. The van der Waals surface area contributed by atoms with Crippen LogP contribution < -0.4 is 0 Å². The summed E-state index contributed by atoms with van der Waals surface area (Å²) in [5.41, 5.74) is 1.79. The lowest BCUT2D eigenvalue weighted by molar-refractivity contribution is 0.0968. The molecule has 11 heavy (non-hydrogen) atoms. The van der Waals surface area contributed by atoms with Gasteiger partial charge in [0.1, 0.15) is 0 Å². The number of hydrogen-bond acceptors (Lipinski definition) is 3. The summed E-state index contributed by atoms with van der Waals surface area (Å²) in [6.45, 7) is 2.00. The largest absolute Gasteiger partial charge is 0.381 e. The number of nitrogens with zero attached hydrogens (tertiary/aromatic N) is 1. The van der Waals surface area contributed by atoms with Crippen LogP contribution in [-0.2, 0) is 4.74 Å². The molecule has 2 heterocycles. The van der Waals surface area contributed by atoms with E-state index in [1.165, 1.54) is 19.3 Å². The molecule has 0 aromatic carbocycles. The number of ether oxygens (including phenoxy) is 1. The molecule has 1 aromatic heterocycles. The molecule has 0 atom stereocenters. The van der Waals surface area contributed by atoms with Gasteiger partial charge in [0.05, 0.1) is 5.51 Å². The highest BCUT2D eigenvalue weighted by Crippen LogP contribution is 2.02. The van der Waals surface area contributed by atoms with E-state index in [1.54, 1.807) is 23.0 Å². The lowest BCUT2D eigenvalue weighted by Crippen LogP contribution is -2.03. The van der Waals surface area contributed by atoms with Gasteiger partial charge >= 0.3 is 0 Å². The van der Waals surface area contributed by atoms with Crippen molar-refractivity contribution in [3.63, 3.8) is 0 Å². The number of hydrogen-bond donors (Lipinski definition) is 0. The fourth-order valence-electron chi connectivity index (χ4n) is 0.863. The summed E-state index contributed by atoms with van der Waals surface area (Å²) in [5, 5.41) is 1.93. The van der Waals surface area contributed by atoms with Gasteiger partial charge in [-0.1, -0.05) is 0 Å². The van der Waals surface area contributed by atoms with E-state index in [2.05, 4.69) is 4.98 Å². The molecule has 2 nitrogen and oxygen atoms in total. The standard InChI is InChI=1S/C5H10O.C3H3NS/c1-2-4-6-5-3-1;1-2-5-3-4-1/h1-5H2;1-3H. The Morgan fingerprint density at radius 1 is 1.18 bits per heavy atom. The van der Waals surface area contributed by atoms with E-state index in [1.807, 2.05) is 5.38 Å². The van der Waals surface area contributed by atoms with Gasteiger partial charge in [0.25, 0.3) is 0 Å². The van der Waals surface area contributed by atoms with Gasteiger partial charge < -0.3 is 4.74 Å². The molecule has 3 heteroatoms. The van der Waals surface area contributed by atoms with E-state index >= 15 is 0 Å². The Hall–Kier alpha value is -0.410. The molecule has 1 aliphatic heterocycles. The van der Waals surface area contributed by atoms with Crippen molar-refractivity contribution in [2.45, 2.75) is 19.3 Å². The van der Waals surface area contributed by atoms with Crippen molar-refractivity contribution < 1.29 is 4.74 Å². The SMILES string of the molecule is C1CCOCC1.c1cscn1. The van der Waals surface area contributed by atoms with Crippen LogP contribution in [0.3, 0.4) is 0 Å². The van der Waals surface area contributed by atoms with Crippen LogP contribution in [0.2, 0.25) is 0 Å². The second kappa shape index (κ2) is 6.31. The van der Waals surface area contributed by atoms with Crippen molar-refractivity contribution in [2.24, 2.45) is 0 Å². The summed E-state index contributed by atoms with van der Waals surface area (Å²) in [7, 11) is 0. The van der Waals surface area contributed by atoms with Crippen LogP contribution in [0.15, 0.2) is 17.1 Å². The summed E-state index contributed by atoms with van der Waals surface area (Å²) in [4.78, 5) is 3.74. The zero-order valence-electron chi connectivity index (χ0n) is 6.53. The van der Waals surface area contributed by atoms with E-state index in [9.17, 15) is 0 Å². The Balaban J connectivity index is 0.000000112. The maximum Gasteiger partial charge on any atom is 0.0791 e. The first-order valence-electron chi connectivity index (χ1n) is 3.90. The Morgan fingerprint density at radius 3 is 2.18 bits per heavy atom. The van der Waals surface area contributed by atoms with Gasteiger partial charge in [-0.05, 0) is 19.3 Å². The molecule has 0 radical (unpaired) electrons. The average molecular weight is 171 g/mol. The molecule has 1 saturated heterocycles. The summed E-state index contributed by atoms with van der Waals surface area (Å²) >= 11 is 1.60. The van der Waals surface area contributed by atoms with E-state index in [0.717, 1.165) is 13.2 Å². The average Bonchev–Trinajstić information content (AvgIpc) is 2.64. The number of thiazole rings is 1. The van der Waals surface area contributed by atoms with E-state index in [0.29, 0.717) is 0 Å². The maximum atomic E-state index is 5.07. The first-order valence-corrected chi connectivity index (χ1v) is 4.84. The van der Waals surface area contributed by atoms with Gasteiger partial charge in [0, 0.05) is 24.8 Å². The van der Waals surface area contributed by atoms with Crippen molar-refractivity contribution in [3.05, 3.63) is 17.1 Å². The molecular weight excluding hydrogens is 158 g/mol. The molecule has 1 aliphatic rings. The first kappa shape index (κ1) is 8.68.